The van der Waals surface area contributed by atoms with Gasteiger partial charge in [0.25, 0.3) is 5.91 Å². The third-order valence-electron chi connectivity index (χ3n) is 2.39. The molecule has 2 aromatic heterocycles. The van der Waals surface area contributed by atoms with Crippen molar-refractivity contribution in [1.82, 2.24) is 14.3 Å². The predicted molar refractivity (Wildman–Crippen MR) is 65.0 cm³/mol. The molecule has 0 saturated heterocycles. The van der Waals surface area contributed by atoms with Crippen molar-refractivity contribution in [1.29, 1.82) is 0 Å². The number of carbonyl (C=O) groups excluding carboxylic acids is 1. The molecule has 0 atom stereocenters. The Kier molecular flexibility index (Phi) is 2.78. The number of thiazole rings is 1. The molecule has 0 saturated carbocycles. The minimum atomic E-state index is -0.0247. The molecule has 2 heterocycles. The van der Waals surface area contributed by atoms with E-state index in [0.29, 0.717) is 12.2 Å². The van der Waals surface area contributed by atoms with Crippen LogP contribution in [-0.2, 0) is 0 Å². The van der Waals surface area contributed by atoms with E-state index in [1.807, 2.05) is 22.9 Å². The quantitative estimate of drug-likeness (QED) is 0.763. The maximum atomic E-state index is 12.2. The van der Waals surface area contributed by atoms with Crippen LogP contribution in [0.1, 0.15) is 16.2 Å². The highest BCUT2D eigenvalue weighted by Gasteiger charge is 2.19. The molecule has 0 unspecified atom stereocenters. The third kappa shape index (κ3) is 1.63. The second kappa shape index (κ2) is 4.09. The second-order valence-electron chi connectivity index (χ2n) is 3.58. The van der Waals surface area contributed by atoms with Gasteiger partial charge in [0, 0.05) is 25.2 Å². The zero-order valence-corrected chi connectivity index (χ0v) is 10.1. The van der Waals surface area contributed by atoms with Gasteiger partial charge in [0.05, 0.1) is 5.69 Å². The van der Waals surface area contributed by atoms with Crippen molar-refractivity contribution in [2.24, 2.45) is 0 Å². The van der Waals surface area contributed by atoms with Crippen LogP contribution < -0.4 is 0 Å². The summed E-state index contributed by atoms with van der Waals surface area (Å²) in [6, 6.07) is 0. The summed E-state index contributed by atoms with van der Waals surface area (Å²) in [5, 5.41) is 1.92. The number of hydrogen-bond donors (Lipinski definition) is 0. The molecule has 0 aliphatic carbocycles. The summed E-state index contributed by atoms with van der Waals surface area (Å²) in [6.07, 6.45) is 3.58. The minimum Gasteiger partial charge on any atom is -0.337 e. The van der Waals surface area contributed by atoms with E-state index in [0.717, 1.165) is 10.7 Å². The Morgan fingerprint density at radius 3 is 3.19 bits per heavy atom. The summed E-state index contributed by atoms with van der Waals surface area (Å²) in [5.74, 6) is -0.0247. The van der Waals surface area contributed by atoms with Gasteiger partial charge in [-0.25, -0.2) is 4.98 Å². The maximum absolute atomic E-state index is 12.2. The number of likely N-dealkylation sites (N-methyl/N-ethyl adjacent to an activating group) is 1. The molecular weight excluding hydrogens is 222 g/mol. The number of carbonyl (C=O) groups is 1. The zero-order chi connectivity index (χ0) is 11.7. The molecule has 16 heavy (non-hydrogen) atoms. The fraction of sp³-hybridized carbons (Fsp3) is 0.273. The van der Waals surface area contributed by atoms with Crippen LogP contribution in [0.4, 0.5) is 0 Å². The standard InChI is InChI=1S/C11H13N3OS/c1-4-5-13(3)10(15)9-8(2)12-11-14(9)6-7-16-11/h4,6-7H,1,5H2,2-3H3. The van der Waals surface area contributed by atoms with E-state index in [2.05, 4.69) is 11.6 Å². The highest BCUT2D eigenvalue weighted by molar-refractivity contribution is 7.15. The van der Waals surface area contributed by atoms with Crippen LogP contribution in [0.3, 0.4) is 0 Å². The van der Waals surface area contributed by atoms with E-state index in [9.17, 15) is 4.79 Å². The minimum absolute atomic E-state index is 0.0247. The summed E-state index contributed by atoms with van der Waals surface area (Å²) in [7, 11) is 1.76. The molecule has 0 radical (unpaired) electrons. The Morgan fingerprint density at radius 1 is 1.75 bits per heavy atom. The molecule has 5 heteroatoms. The predicted octanol–water partition coefficient (Wildman–Crippen LogP) is 1.96. The molecule has 0 spiro atoms. The van der Waals surface area contributed by atoms with E-state index < -0.39 is 0 Å². The molecule has 2 rings (SSSR count). The number of fused-ring (bicyclic) bond motifs is 1. The van der Waals surface area contributed by atoms with Gasteiger partial charge in [-0.3, -0.25) is 9.20 Å². The highest BCUT2D eigenvalue weighted by atomic mass is 32.1. The van der Waals surface area contributed by atoms with Gasteiger partial charge >= 0.3 is 0 Å². The average Bonchev–Trinajstić information content (AvgIpc) is 2.76. The van der Waals surface area contributed by atoms with Crippen LogP contribution in [0.15, 0.2) is 24.2 Å². The van der Waals surface area contributed by atoms with Crippen LogP contribution in [0, 0.1) is 6.92 Å². The average molecular weight is 235 g/mol. The highest BCUT2D eigenvalue weighted by Crippen LogP contribution is 2.17. The van der Waals surface area contributed by atoms with Gasteiger partial charge in [-0.05, 0) is 6.92 Å². The van der Waals surface area contributed by atoms with Crippen molar-refractivity contribution in [2.45, 2.75) is 6.92 Å². The fourth-order valence-electron chi connectivity index (χ4n) is 1.61. The molecule has 84 valence electrons. The Labute approximate surface area is 97.8 Å². The Bertz CT molecular complexity index is 540. The van der Waals surface area contributed by atoms with E-state index in [1.54, 1.807) is 18.0 Å². The molecule has 0 bridgehead atoms. The lowest BCUT2D eigenvalue weighted by Crippen LogP contribution is -2.28. The molecular formula is C11H13N3OS. The Hall–Kier alpha value is -1.62. The third-order valence-corrected chi connectivity index (χ3v) is 3.15. The van der Waals surface area contributed by atoms with Gasteiger partial charge in [-0.1, -0.05) is 6.08 Å². The topological polar surface area (TPSA) is 37.6 Å². The van der Waals surface area contributed by atoms with E-state index >= 15 is 0 Å². The van der Waals surface area contributed by atoms with Crippen molar-refractivity contribution in [2.75, 3.05) is 13.6 Å². The van der Waals surface area contributed by atoms with E-state index in [1.165, 1.54) is 11.3 Å². The largest absolute Gasteiger partial charge is 0.337 e. The van der Waals surface area contributed by atoms with Gasteiger partial charge in [0.2, 0.25) is 0 Å². The lowest BCUT2D eigenvalue weighted by atomic mass is 10.3. The van der Waals surface area contributed by atoms with Gasteiger partial charge in [-0.15, -0.1) is 17.9 Å². The van der Waals surface area contributed by atoms with E-state index in [4.69, 9.17) is 0 Å². The van der Waals surface area contributed by atoms with Crippen LogP contribution in [0.25, 0.3) is 4.96 Å². The zero-order valence-electron chi connectivity index (χ0n) is 9.30. The summed E-state index contributed by atoms with van der Waals surface area (Å²) in [5.41, 5.74) is 1.41. The number of imidazole rings is 1. The lowest BCUT2D eigenvalue weighted by molar-refractivity contribution is 0.0803. The van der Waals surface area contributed by atoms with E-state index in [-0.39, 0.29) is 5.91 Å². The van der Waals surface area contributed by atoms with Crippen molar-refractivity contribution in [3.8, 4) is 0 Å². The van der Waals surface area contributed by atoms with Crippen LogP contribution in [-0.4, -0.2) is 33.8 Å². The van der Waals surface area contributed by atoms with Gasteiger partial charge in [-0.2, -0.15) is 0 Å². The van der Waals surface area contributed by atoms with Crippen LogP contribution in [0.2, 0.25) is 0 Å². The van der Waals surface area contributed by atoms with Gasteiger partial charge in [0.1, 0.15) is 5.69 Å². The number of aryl methyl sites for hydroxylation is 1. The first-order valence-corrected chi connectivity index (χ1v) is 5.81. The Morgan fingerprint density at radius 2 is 2.50 bits per heavy atom. The normalized spacial score (nSPS) is 10.6. The van der Waals surface area contributed by atoms with Crippen molar-refractivity contribution in [3.63, 3.8) is 0 Å². The molecule has 0 aromatic carbocycles. The first kappa shape index (κ1) is 10.9. The van der Waals surface area contributed by atoms with Gasteiger partial charge in [0.15, 0.2) is 4.96 Å². The number of amides is 1. The second-order valence-corrected chi connectivity index (χ2v) is 4.45. The maximum Gasteiger partial charge on any atom is 0.272 e. The summed E-state index contributed by atoms with van der Waals surface area (Å²) >= 11 is 1.53. The van der Waals surface area contributed by atoms with Crippen molar-refractivity contribution < 1.29 is 4.79 Å². The first-order chi connectivity index (χ1) is 7.65. The van der Waals surface area contributed by atoms with Crippen LogP contribution >= 0.6 is 11.3 Å². The molecule has 2 aromatic rings. The smallest absolute Gasteiger partial charge is 0.272 e. The SMILES string of the molecule is C=CCN(C)C(=O)c1c(C)nc2sccn12. The molecule has 4 nitrogen and oxygen atoms in total. The monoisotopic (exact) mass is 235 g/mol. The Balaban J connectivity index is 2.45. The summed E-state index contributed by atoms with van der Waals surface area (Å²) in [4.78, 5) is 19.0. The molecule has 0 aliphatic rings. The molecule has 0 N–H and O–H groups in total. The fourth-order valence-corrected chi connectivity index (χ4v) is 2.37. The summed E-state index contributed by atoms with van der Waals surface area (Å²) < 4.78 is 1.84. The molecule has 1 amide bonds. The molecule has 0 fully saturated rings. The number of rotatable bonds is 3. The number of nitrogens with zero attached hydrogens (tertiary/aromatic N) is 3. The van der Waals surface area contributed by atoms with Crippen LogP contribution in [0.5, 0.6) is 0 Å². The number of aromatic nitrogens is 2. The summed E-state index contributed by atoms with van der Waals surface area (Å²) in [6.45, 7) is 6.02. The number of hydrogen-bond acceptors (Lipinski definition) is 3. The van der Waals surface area contributed by atoms with Gasteiger partial charge < -0.3 is 4.90 Å². The van der Waals surface area contributed by atoms with Crippen molar-refractivity contribution in [3.05, 3.63) is 35.6 Å². The lowest BCUT2D eigenvalue weighted by Gasteiger charge is -2.14. The first-order valence-electron chi connectivity index (χ1n) is 4.93. The van der Waals surface area contributed by atoms with Crippen molar-refractivity contribution >= 4 is 22.2 Å². The molecule has 0 aliphatic heterocycles.